The molecule has 3 fully saturated rings. The maximum Gasteiger partial charge on any atom is 0.193 e. The number of likely N-dealkylation sites (tertiary alicyclic amines) is 1. The van der Waals surface area contributed by atoms with Gasteiger partial charge < -0.3 is 19.4 Å². The number of nitrogens with one attached hydrogen (secondary N) is 1. The Kier molecular flexibility index (Phi) is 7.67. The summed E-state index contributed by atoms with van der Waals surface area (Å²) in [6.07, 6.45) is 6.90. The summed E-state index contributed by atoms with van der Waals surface area (Å²) in [7, 11) is 1.91. The largest absolute Gasteiger partial charge is 0.465 e. The van der Waals surface area contributed by atoms with Crippen LogP contribution in [-0.4, -0.2) is 68.7 Å². The zero-order valence-electron chi connectivity index (χ0n) is 17.3. The molecule has 28 heavy (non-hydrogen) atoms. The highest BCUT2D eigenvalue weighted by molar-refractivity contribution is 14.0. The van der Waals surface area contributed by atoms with E-state index < -0.39 is 0 Å². The molecule has 158 valence electrons. The van der Waals surface area contributed by atoms with Gasteiger partial charge in [0.1, 0.15) is 11.5 Å². The van der Waals surface area contributed by atoms with Gasteiger partial charge in [-0.05, 0) is 43.7 Å². The van der Waals surface area contributed by atoms with Crippen molar-refractivity contribution >= 4 is 29.9 Å². The molecule has 1 N–H and O–H groups in total. The molecule has 1 unspecified atom stereocenters. The van der Waals surface area contributed by atoms with Crippen LogP contribution in [0.5, 0.6) is 0 Å². The summed E-state index contributed by atoms with van der Waals surface area (Å²) in [5.41, 5.74) is 0.555. The fraction of sp³-hybridized carbons (Fsp3) is 0.762. The van der Waals surface area contributed by atoms with Gasteiger partial charge in [0.2, 0.25) is 0 Å². The minimum Gasteiger partial charge on any atom is -0.465 e. The van der Waals surface area contributed by atoms with Crippen molar-refractivity contribution in [3.8, 4) is 0 Å². The fourth-order valence-corrected chi connectivity index (χ4v) is 5.10. The van der Waals surface area contributed by atoms with Crippen molar-refractivity contribution in [2.45, 2.75) is 45.1 Å². The second-order valence-corrected chi connectivity index (χ2v) is 8.42. The van der Waals surface area contributed by atoms with Crippen LogP contribution < -0.4 is 5.32 Å². The Morgan fingerprint density at radius 3 is 2.57 bits per heavy atom. The molecule has 3 heterocycles. The van der Waals surface area contributed by atoms with E-state index in [9.17, 15) is 0 Å². The number of furan rings is 1. The topological polar surface area (TPSA) is 53.2 Å². The molecule has 7 heteroatoms. The lowest BCUT2D eigenvalue weighted by molar-refractivity contribution is 0.0123. The van der Waals surface area contributed by atoms with E-state index in [1.165, 1.54) is 32.1 Å². The SMILES string of the molecule is CN=C(NCC(c1ccc(C)o1)N1CCOCC1)N1CCC2(CCCC2)C1.I. The zero-order valence-corrected chi connectivity index (χ0v) is 19.6. The average molecular weight is 502 g/mol. The number of aryl methyl sites for hydroxylation is 1. The van der Waals surface area contributed by atoms with Crippen LogP contribution in [0.15, 0.2) is 21.5 Å². The second-order valence-electron chi connectivity index (χ2n) is 8.42. The van der Waals surface area contributed by atoms with Gasteiger partial charge in [0.15, 0.2) is 5.96 Å². The standard InChI is InChI=1S/C21H34N4O2.HI/c1-17-5-6-19(27-17)18(24-11-13-26-14-12-24)15-23-20(22-2)25-10-9-21(16-25)7-3-4-8-21;/h5-6,18H,3-4,7-16H2,1-2H3,(H,22,23);1H. The Labute approximate surface area is 186 Å². The van der Waals surface area contributed by atoms with Gasteiger partial charge >= 0.3 is 0 Å². The van der Waals surface area contributed by atoms with Gasteiger partial charge in [0.05, 0.1) is 19.3 Å². The van der Waals surface area contributed by atoms with E-state index in [4.69, 9.17) is 9.15 Å². The Morgan fingerprint density at radius 2 is 1.93 bits per heavy atom. The van der Waals surface area contributed by atoms with Gasteiger partial charge in [-0.2, -0.15) is 0 Å². The van der Waals surface area contributed by atoms with Gasteiger partial charge in [-0.15, -0.1) is 24.0 Å². The van der Waals surface area contributed by atoms with Crippen LogP contribution in [0.25, 0.3) is 0 Å². The lowest BCUT2D eigenvalue weighted by Gasteiger charge is -2.34. The molecule has 2 aliphatic heterocycles. The number of halogens is 1. The van der Waals surface area contributed by atoms with Gasteiger partial charge in [-0.25, -0.2) is 0 Å². The minimum atomic E-state index is 0. The molecule has 6 nitrogen and oxygen atoms in total. The predicted molar refractivity (Wildman–Crippen MR) is 122 cm³/mol. The summed E-state index contributed by atoms with van der Waals surface area (Å²) >= 11 is 0. The highest BCUT2D eigenvalue weighted by atomic mass is 127. The molecule has 1 atom stereocenters. The van der Waals surface area contributed by atoms with Crippen molar-refractivity contribution in [2.75, 3.05) is 53.0 Å². The molecule has 1 spiro atoms. The number of morpholine rings is 1. The molecule has 1 aromatic heterocycles. The first-order valence-electron chi connectivity index (χ1n) is 10.5. The summed E-state index contributed by atoms with van der Waals surface area (Å²) in [5, 5.41) is 3.66. The summed E-state index contributed by atoms with van der Waals surface area (Å²) in [6.45, 7) is 8.57. The summed E-state index contributed by atoms with van der Waals surface area (Å²) in [5.74, 6) is 3.04. The number of guanidine groups is 1. The second kappa shape index (κ2) is 9.80. The molecular formula is C21H35IN4O2. The molecule has 2 saturated heterocycles. The summed E-state index contributed by atoms with van der Waals surface area (Å²) < 4.78 is 11.5. The summed E-state index contributed by atoms with van der Waals surface area (Å²) in [6, 6.07) is 4.38. The van der Waals surface area contributed by atoms with Crippen molar-refractivity contribution in [2.24, 2.45) is 10.4 Å². The predicted octanol–water partition coefficient (Wildman–Crippen LogP) is 3.42. The van der Waals surface area contributed by atoms with Gasteiger partial charge in [0, 0.05) is 39.8 Å². The number of nitrogens with zero attached hydrogens (tertiary/aromatic N) is 3. The lowest BCUT2D eigenvalue weighted by Crippen LogP contribution is -2.47. The maximum absolute atomic E-state index is 5.99. The lowest BCUT2D eigenvalue weighted by atomic mass is 9.86. The molecule has 1 aromatic rings. The number of aliphatic imine (C=N–C) groups is 1. The van der Waals surface area contributed by atoms with E-state index in [-0.39, 0.29) is 30.0 Å². The van der Waals surface area contributed by atoms with Crippen LogP contribution in [0.1, 0.15) is 49.7 Å². The first-order valence-corrected chi connectivity index (χ1v) is 10.5. The van der Waals surface area contributed by atoms with Crippen molar-refractivity contribution in [3.63, 3.8) is 0 Å². The first kappa shape index (κ1) is 21.9. The van der Waals surface area contributed by atoms with Gasteiger partial charge in [0.25, 0.3) is 0 Å². The number of rotatable bonds is 4. The number of hydrogen-bond acceptors (Lipinski definition) is 4. The Balaban J connectivity index is 0.00000225. The third-order valence-electron chi connectivity index (χ3n) is 6.64. The Hall–Kier alpha value is -0.800. The van der Waals surface area contributed by atoms with Crippen molar-refractivity contribution in [1.29, 1.82) is 0 Å². The third kappa shape index (κ3) is 4.84. The molecule has 4 rings (SSSR count). The molecule has 1 aliphatic carbocycles. The molecule has 1 saturated carbocycles. The fourth-order valence-electron chi connectivity index (χ4n) is 5.10. The highest BCUT2D eigenvalue weighted by Gasteiger charge is 2.41. The normalized spacial score (nSPS) is 23.8. The van der Waals surface area contributed by atoms with E-state index in [2.05, 4.69) is 32.2 Å². The van der Waals surface area contributed by atoms with E-state index in [1.54, 1.807) is 0 Å². The van der Waals surface area contributed by atoms with Crippen LogP contribution >= 0.6 is 24.0 Å². The Bertz CT molecular complexity index is 651. The van der Waals surface area contributed by atoms with E-state index in [0.717, 1.165) is 63.4 Å². The molecule has 0 bridgehead atoms. The monoisotopic (exact) mass is 502 g/mol. The van der Waals surface area contributed by atoms with Crippen LogP contribution in [0.3, 0.4) is 0 Å². The first-order chi connectivity index (χ1) is 13.2. The van der Waals surface area contributed by atoms with Crippen LogP contribution in [0, 0.1) is 12.3 Å². The molecule has 3 aliphatic rings. The van der Waals surface area contributed by atoms with Crippen molar-refractivity contribution < 1.29 is 9.15 Å². The van der Waals surface area contributed by atoms with Gasteiger partial charge in [-0.1, -0.05) is 12.8 Å². The van der Waals surface area contributed by atoms with Crippen LogP contribution in [0.4, 0.5) is 0 Å². The van der Waals surface area contributed by atoms with Gasteiger partial charge in [-0.3, -0.25) is 9.89 Å². The molecule has 0 radical (unpaired) electrons. The van der Waals surface area contributed by atoms with Crippen LogP contribution in [0.2, 0.25) is 0 Å². The van der Waals surface area contributed by atoms with E-state index >= 15 is 0 Å². The highest BCUT2D eigenvalue weighted by Crippen LogP contribution is 2.45. The third-order valence-corrected chi connectivity index (χ3v) is 6.64. The minimum absolute atomic E-state index is 0. The Morgan fingerprint density at radius 1 is 1.18 bits per heavy atom. The number of hydrogen-bond donors (Lipinski definition) is 1. The quantitative estimate of drug-likeness (QED) is 0.389. The summed E-state index contributed by atoms with van der Waals surface area (Å²) in [4.78, 5) is 9.53. The molecule has 0 amide bonds. The molecular weight excluding hydrogens is 467 g/mol. The van der Waals surface area contributed by atoms with Crippen LogP contribution in [-0.2, 0) is 4.74 Å². The van der Waals surface area contributed by atoms with Crippen molar-refractivity contribution in [1.82, 2.24) is 15.1 Å². The average Bonchev–Trinajstić information content (AvgIpc) is 3.43. The smallest absolute Gasteiger partial charge is 0.193 e. The maximum atomic E-state index is 5.99. The molecule has 0 aromatic carbocycles. The van der Waals surface area contributed by atoms with Crippen molar-refractivity contribution in [3.05, 3.63) is 23.7 Å². The van der Waals surface area contributed by atoms with E-state index in [0.29, 0.717) is 5.41 Å². The number of ether oxygens (including phenoxy) is 1. The van der Waals surface area contributed by atoms with E-state index in [1.807, 2.05) is 14.0 Å². The zero-order chi connectivity index (χ0) is 18.7.